The number of hydrogen-bond acceptors (Lipinski definition) is 8. The summed E-state index contributed by atoms with van der Waals surface area (Å²) in [7, 11) is 0. The fourth-order valence-corrected chi connectivity index (χ4v) is 5.59. The number of rotatable bonds is 6. The Labute approximate surface area is 227 Å². The molecule has 0 bridgehead atoms. The molecule has 5 aromatic rings. The second-order valence-electron chi connectivity index (χ2n) is 10.1. The molecule has 0 atom stereocenters. The van der Waals surface area contributed by atoms with Crippen LogP contribution in [-0.2, 0) is 6.54 Å². The van der Waals surface area contributed by atoms with Gasteiger partial charge in [-0.2, -0.15) is 4.52 Å². The van der Waals surface area contributed by atoms with E-state index in [1.807, 2.05) is 22.8 Å². The molecule has 2 aliphatic heterocycles. The zero-order valence-corrected chi connectivity index (χ0v) is 21.9. The van der Waals surface area contributed by atoms with Gasteiger partial charge in [0.25, 0.3) is 0 Å². The standard InChI is InChI=1S/C30H32N8O/c1-3-8-25(9-4-1)35-15-13-34(14-16-35)23-24-22-31-30(38-29(24)32-28(33-38)27-12-7-21-39-27)37-19-17-36(18-20-37)26-10-5-2-6-11-26/h1-12,21-22H,13-20,23H2. The molecule has 2 aromatic carbocycles. The lowest BCUT2D eigenvalue weighted by molar-refractivity contribution is 0.250. The molecule has 39 heavy (non-hydrogen) atoms. The Morgan fingerprint density at radius 3 is 1.90 bits per heavy atom. The highest BCUT2D eigenvalue weighted by Crippen LogP contribution is 2.25. The minimum atomic E-state index is 0.590. The van der Waals surface area contributed by atoms with E-state index in [1.165, 1.54) is 11.4 Å². The molecule has 2 aliphatic rings. The Morgan fingerprint density at radius 1 is 0.667 bits per heavy atom. The van der Waals surface area contributed by atoms with E-state index in [-0.39, 0.29) is 0 Å². The minimum Gasteiger partial charge on any atom is -0.461 e. The van der Waals surface area contributed by atoms with Crippen molar-refractivity contribution in [3.63, 3.8) is 0 Å². The Balaban J connectivity index is 1.12. The lowest BCUT2D eigenvalue weighted by atomic mass is 10.2. The Bertz CT molecular complexity index is 1500. The molecule has 0 spiro atoms. The average molecular weight is 521 g/mol. The van der Waals surface area contributed by atoms with Crippen molar-refractivity contribution in [2.24, 2.45) is 0 Å². The number of nitrogens with zero attached hydrogens (tertiary/aromatic N) is 8. The van der Waals surface area contributed by atoms with Gasteiger partial charge in [0.2, 0.25) is 11.8 Å². The summed E-state index contributed by atoms with van der Waals surface area (Å²) in [5.74, 6) is 2.09. The molecule has 9 nitrogen and oxygen atoms in total. The van der Waals surface area contributed by atoms with Crippen molar-refractivity contribution in [3.8, 4) is 11.6 Å². The SMILES string of the molecule is c1ccc(N2CCN(Cc3cnc(N4CCN(c5ccccc5)CC4)n4nc(-c5ccco5)nc34)CC2)cc1. The molecular weight excluding hydrogens is 488 g/mol. The quantitative estimate of drug-likeness (QED) is 0.332. The zero-order chi connectivity index (χ0) is 26.0. The first-order chi connectivity index (χ1) is 19.3. The largest absolute Gasteiger partial charge is 0.461 e. The van der Waals surface area contributed by atoms with Gasteiger partial charge in [0, 0.05) is 82.0 Å². The molecule has 0 unspecified atom stereocenters. The summed E-state index contributed by atoms with van der Waals surface area (Å²) in [4.78, 5) is 19.6. The Morgan fingerprint density at radius 2 is 1.28 bits per heavy atom. The van der Waals surface area contributed by atoms with E-state index in [1.54, 1.807) is 6.26 Å². The first-order valence-corrected chi connectivity index (χ1v) is 13.7. The van der Waals surface area contributed by atoms with Crippen LogP contribution in [-0.4, -0.2) is 76.8 Å². The third kappa shape index (κ3) is 4.81. The number of anilines is 3. The van der Waals surface area contributed by atoms with E-state index in [9.17, 15) is 0 Å². The normalized spacial score (nSPS) is 16.8. The van der Waals surface area contributed by atoms with Crippen molar-refractivity contribution >= 4 is 23.0 Å². The van der Waals surface area contributed by atoms with Gasteiger partial charge in [-0.1, -0.05) is 36.4 Å². The van der Waals surface area contributed by atoms with Crippen LogP contribution in [0.5, 0.6) is 0 Å². The van der Waals surface area contributed by atoms with E-state index in [0.717, 1.165) is 76.1 Å². The van der Waals surface area contributed by atoms with Crippen molar-refractivity contribution in [2.45, 2.75) is 6.54 Å². The predicted molar refractivity (Wildman–Crippen MR) is 153 cm³/mol. The van der Waals surface area contributed by atoms with Crippen molar-refractivity contribution in [1.29, 1.82) is 0 Å². The molecule has 3 aromatic heterocycles. The molecule has 0 aliphatic carbocycles. The molecule has 2 fully saturated rings. The van der Waals surface area contributed by atoms with Crippen LogP contribution in [0.25, 0.3) is 17.2 Å². The van der Waals surface area contributed by atoms with E-state index in [0.29, 0.717) is 11.6 Å². The maximum Gasteiger partial charge on any atom is 0.228 e. The van der Waals surface area contributed by atoms with E-state index in [2.05, 4.69) is 80.3 Å². The molecule has 198 valence electrons. The van der Waals surface area contributed by atoms with Crippen molar-refractivity contribution < 1.29 is 4.42 Å². The van der Waals surface area contributed by atoms with Gasteiger partial charge in [0.1, 0.15) is 0 Å². The number of benzene rings is 2. The summed E-state index contributed by atoms with van der Waals surface area (Å²) in [6.45, 7) is 8.37. The summed E-state index contributed by atoms with van der Waals surface area (Å²) in [5.41, 5.74) is 4.49. The van der Waals surface area contributed by atoms with E-state index in [4.69, 9.17) is 19.5 Å². The van der Waals surface area contributed by atoms with Crippen LogP contribution in [0.4, 0.5) is 17.3 Å². The second kappa shape index (κ2) is 10.4. The maximum absolute atomic E-state index is 5.65. The van der Waals surface area contributed by atoms with E-state index < -0.39 is 0 Å². The average Bonchev–Trinajstić information content (AvgIpc) is 3.70. The summed E-state index contributed by atoms with van der Waals surface area (Å²) in [6.07, 6.45) is 3.66. The number of furan rings is 1. The lowest BCUT2D eigenvalue weighted by Gasteiger charge is -2.37. The molecule has 0 radical (unpaired) electrons. The summed E-state index contributed by atoms with van der Waals surface area (Å²) in [6, 6.07) is 25.0. The minimum absolute atomic E-state index is 0.590. The van der Waals surface area contributed by atoms with Gasteiger partial charge in [-0.05, 0) is 36.4 Å². The van der Waals surface area contributed by atoms with Crippen LogP contribution in [0.15, 0.2) is 89.7 Å². The van der Waals surface area contributed by atoms with Gasteiger partial charge in [0.05, 0.1) is 6.26 Å². The van der Waals surface area contributed by atoms with Gasteiger partial charge in [-0.15, -0.1) is 5.10 Å². The zero-order valence-electron chi connectivity index (χ0n) is 21.9. The van der Waals surface area contributed by atoms with Gasteiger partial charge < -0.3 is 19.1 Å². The van der Waals surface area contributed by atoms with E-state index >= 15 is 0 Å². The molecular formula is C30H32N8O. The number of piperazine rings is 2. The van der Waals surface area contributed by atoms with Gasteiger partial charge >= 0.3 is 0 Å². The third-order valence-corrected chi connectivity index (χ3v) is 7.73. The predicted octanol–water partition coefficient (Wildman–Crippen LogP) is 4.03. The van der Waals surface area contributed by atoms with Crippen molar-refractivity contribution in [1.82, 2.24) is 24.5 Å². The fraction of sp³-hybridized carbons (Fsp3) is 0.300. The highest BCUT2D eigenvalue weighted by Gasteiger charge is 2.25. The lowest BCUT2D eigenvalue weighted by Crippen LogP contribution is -2.47. The fourth-order valence-electron chi connectivity index (χ4n) is 5.59. The van der Waals surface area contributed by atoms with Crippen LogP contribution < -0.4 is 14.7 Å². The van der Waals surface area contributed by atoms with Gasteiger partial charge in [-0.25, -0.2) is 9.97 Å². The molecule has 5 heterocycles. The van der Waals surface area contributed by atoms with Crippen LogP contribution in [0, 0.1) is 0 Å². The molecule has 2 saturated heterocycles. The summed E-state index contributed by atoms with van der Waals surface area (Å²) in [5, 5.41) is 4.88. The van der Waals surface area contributed by atoms with Crippen molar-refractivity contribution in [2.75, 3.05) is 67.1 Å². The first-order valence-electron chi connectivity index (χ1n) is 13.7. The smallest absolute Gasteiger partial charge is 0.228 e. The van der Waals surface area contributed by atoms with Crippen LogP contribution in [0.1, 0.15) is 5.56 Å². The second-order valence-corrected chi connectivity index (χ2v) is 10.1. The number of fused-ring (bicyclic) bond motifs is 1. The third-order valence-electron chi connectivity index (χ3n) is 7.73. The van der Waals surface area contributed by atoms with Crippen LogP contribution in [0.2, 0.25) is 0 Å². The Hall–Kier alpha value is -4.37. The summed E-state index contributed by atoms with van der Waals surface area (Å²) < 4.78 is 7.57. The Kier molecular flexibility index (Phi) is 6.34. The van der Waals surface area contributed by atoms with Crippen LogP contribution >= 0.6 is 0 Å². The van der Waals surface area contributed by atoms with Crippen molar-refractivity contribution in [3.05, 3.63) is 90.8 Å². The first kappa shape index (κ1) is 23.7. The number of hydrogen-bond donors (Lipinski definition) is 0. The monoisotopic (exact) mass is 520 g/mol. The van der Waals surface area contributed by atoms with Crippen LogP contribution in [0.3, 0.4) is 0 Å². The maximum atomic E-state index is 5.65. The molecule has 7 rings (SSSR count). The van der Waals surface area contributed by atoms with Gasteiger partial charge in [-0.3, -0.25) is 4.90 Å². The highest BCUT2D eigenvalue weighted by molar-refractivity contribution is 5.59. The highest BCUT2D eigenvalue weighted by atomic mass is 16.3. The molecule has 0 N–H and O–H groups in total. The molecule has 0 saturated carbocycles. The summed E-state index contributed by atoms with van der Waals surface area (Å²) >= 11 is 0. The number of aromatic nitrogens is 4. The number of para-hydroxylation sites is 2. The topological polar surface area (TPSA) is 69.2 Å². The molecule has 0 amide bonds. The molecule has 9 heteroatoms. The van der Waals surface area contributed by atoms with Gasteiger partial charge in [0.15, 0.2) is 11.4 Å².